The van der Waals surface area contributed by atoms with Gasteiger partial charge in [-0.3, -0.25) is 4.79 Å². The van der Waals surface area contributed by atoms with Gasteiger partial charge < -0.3 is 19.7 Å². The monoisotopic (exact) mass is 406 g/mol. The Morgan fingerprint density at radius 3 is 2.87 bits per heavy atom. The Morgan fingerprint density at radius 1 is 1.30 bits per heavy atom. The van der Waals surface area contributed by atoms with Crippen molar-refractivity contribution in [3.63, 3.8) is 0 Å². The van der Waals surface area contributed by atoms with Gasteiger partial charge in [-0.1, -0.05) is 37.2 Å². The maximum atomic E-state index is 13.5. The van der Waals surface area contributed by atoms with Gasteiger partial charge in [-0.2, -0.15) is 0 Å². The van der Waals surface area contributed by atoms with E-state index in [4.69, 9.17) is 4.52 Å². The quantitative estimate of drug-likeness (QED) is 0.601. The van der Waals surface area contributed by atoms with Crippen LogP contribution in [0.2, 0.25) is 0 Å². The molecule has 0 unspecified atom stereocenters. The summed E-state index contributed by atoms with van der Waals surface area (Å²) in [6.45, 7) is 7.68. The number of hydrogen-bond acceptors (Lipinski definition) is 4. The number of fused-ring (bicyclic) bond motifs is 2. The molecule has 0 radical (unpaired) electrons. The van der Waals surface area contributed by atoms with E-state index in [-0.39, 0.29) is 17.0 Å². The fourth-order valence-electron chi connectivity index (χ4n) is 5.51. The molecule has 6 heteroatoms. The van der Waals surface area contributed by atoms with Crippen LogP contribution in [0.25, 0.3) is 10.9 Å². The molecule has 2 saturated carbocycles. The first-order valence-electron chi connectivity index (χ1n) is 11.1. The number of amides is 1. The van der Waals surface area contributed by atoms with Crippen molar-refractivity contribution in [2.24, 2.45) is 0 Å². The van der Waals surface area contributed by atoms with Crippen LogP contribution < -0.4 is 5.32 Å². The maximum Gasteiger partial charge on any atom is 0.270 e. The van der Waals surface area contributed by atoms with Crippen molar-refractivity contribution in [2.45, 2.75) is 70.0 Å². The molecule has 0 saturated heterocycles. The predicted octanol–water partition coefficient (Wildman–Crippen LogP) is 4.60. The highest BCUT2D eigenvalue weighted by atomic mass is 16.5. The lowest BCUT2D eigenvalue weighted by molar-refractivity contribution is 0.0630. The minimum Gasteiger partial charge on any atom is -0.360 e. The third kappa shape index (κ3) is 2.88. The fraction of sp³-hybridized carbons (Fsp3) is 0.500. The molecule has 2 aromatic heterocycles. The van der Waals surface area contributed by atoms with Gasteiger partial charge in [-0.15, -0.1) is 0 Å². The first-order valence-corrected chi connectivity index (χ1v) is 11.1. The molecule has 0 aliphatic heterocycles. The third-order valence-corrected chi connectivity index (χ3v) is 7.16. The molecule has 2 aliphatic carbocycles. The molecule has 2 atom stereocenters. The van der Waals surface area contributed by atoms with Gasteiger partial charge in [0.15, 0.2) is 5.76 Å². The summed E-state index contributed by atoms with van der Waals surface area (Å²) in [7, 11) is 0. The zero-order chi connectivity index (χ0) is 20.9. The van der Waals surface area contributed by atoms with Crippen LogP contribution in [0.4, 0.5) is 0 Å². The molecule has 5 rings (SSSR count). The average molecular weight is 407 g/mol. The second kappa shape index (κ2) is 6.98. The molecule has 2 fully saturated rings. The lowest BCUT2D eigenvalue weighted by Gasteiger charge is -2.32. The molecule has 0 bridgehead atoms. The lowest BCUT2D eigenvalue weighted by atomic mass is 10.1. The largest absolute Gasteiger partial charge is 0.360 e. The molecule has 6 nitrogen and oxygen atoms in total. The van der Waals surface area contributed by atoms with E-state index in [2.05, 4.69) is 41.1 Å². The number of carbonyl (C=O) groups excluding carboxylic acids is 1. The molecule has 1 amide bonds. The number of hydrogen-bond donors (Lipinski definition) is 2. The van der Waals surface area contributed by atoms with E-state index in [1.54, 1.807) is 0 Å². The number of H-pyrrole nitrogens is 1. The van der Waals surface area contributed by atoms with Crippen molar-refractivity contribution in [1.29, 1.82) is 0 Å². The normalized spacial score (nSPS) is 25.1. The molecule has 2 heterocycles. The van der Waals surface area contributed by atoms with Gasteiger partial charge in [0.1, 0.15) is 5.69 Å². The summed E-state index contributed by atoms with van der Waals surface area (Å²) in [5, 5.41) is 9.00. The number of aromatic nitrogens is 2. The second-order valence-electron chi connectivity index (χ2n) is 9.19. The molecule has 158 valence electrons. The summed E-state index contributed by atoms with van der Waals surface area (Å²) >= 11 is 0. The minimum absolute atomic E-state index is 0.0184. The Bertz CT molecular complexity index is 1050. The van der Waals surface area contributed by atoms with Crippen LogP contribution in [-0.2, 0) is 6.54 Å². The van der Waals surface area contributed by atoms with Crippen LogP contribution in [0.1, 0.15) is 74.3 Å². The van der Waals surface area contributed by atoms with Crippen molar-refractivity contribution < 1.29 is 9.32 Å². The van der Waals surface area contributed by atoms with Gasteiger partial charge in [0.2, 0.25) is 0 Å². The van der Waals surface area contributed by atoms with E-state index in [1.165, 1.54) is 0 Å². The fourth-order valence-corrected chi connectivity index (χ4v) is 5.51. The highest BCUT2D eigenvalue weighted by Gasteiger charge is 2.73. The smallest absolute Gasteiger partial charge is 0.270 e. The minimum atomic E-state index is -0.100. The van der Waals surface area contributed by atoms with E-state index >= 15 is 0 Å². The van der Waals surface area contributed by atoms with Gasteiger partial charge in [0.25, 0.3) is 5.91 Å². The number of likely N-dealkylation sites (N-methyl/N-ethyl adjacent to an activating group) is 1. The zero-order valence-corrected chi connectivity index (χ0v) is 18.0. The third-order valence-electron chi connectivity index (χ3n) is 7.16. The van der Waals surface area contributed by atoms with Crippen LogP contribution in [0.3, 0.4) is 0 Å². The molecule has 2 N–H and O–H groups in total. The number of para-hydroxylation sites is 1. The molecule has 1 aromatic carbocycles. The summed E-state index contributed by atoms with van der Waals surface area (Å²) < 4.78 is 5.52. The lowest BCUT2D eigenvalue weighted by Crippen LogP contribution is -2.49. The Hall–Kier alpha value is -2.60. The van der Waals surface area contributed by atoms with E-state index in [9.17, 15) is 4.79 Å². The Balaban J connectivity index is 1.35. The summed E-state index contributed by atoms with van der Waals surface area (Å²) in [6.07, 6.45) is 4.28. The van der Waals surface area contributed by atoms with E-state index in [0.29, 0.717) is 24.7 Å². The highest BCUT2D eigenvalue weighted by Crippen LogP contribution is 2.63. The van der Waals surface area contributed by atoms with Crippen LogP contribution >= 0.6 is 0 Å². The molecule has 0 spiro atoms. The first-order chi connectivity index (χ1) is 14.5. The van der Waals surface area contributed by atoms with Crippen molar-refractivity contribution in [3.8, 4) is 0 Å². The number of nitrogens with one attached hydrogen (secondary N) is 2. The number of carbonyl (C=O) groups is 1. The summed E-state index contributed by atoms with van der Waals surface area (Å²) in [5.74, 6) is 1.32. The predicted molar refractivity (Wildman–Crippen MR) is 116 cm³/mol. The molecule has 3 aromatic rings. The van der Waals surface area contributed by atoms with Gasteiger partial charge in [-0.05, 0) is 50.7 Å². The highest BCUT2D eigenvalue weighted by molar-refractivity contribution is 5.98. The number of benzene rings is 1. The maximum absolute atomic E-state index is 13.5. The first kappa shape index (κ1) is 19.4. The molecule has 2 aliphatic rings. The standard InChI is InChI=1S/C24H30N4O2/c1-4-28(22(29)21-12-17-8-5-6-9-19(17)26-21)24-11-7-10-23(24,15-24)25-14-18-13-20(16(2)3)27-30-18/h5-6,8-9,12-13,16,25-26H,4,7,10-11,14-15H2,1-3H3/t23-,24+/m0/s1. The molecular formula is C24H30N4O2. The molecule has 30 heavy (non-hydrogen) atoms. The van der Waals surface area contributed by atoms with Crippen LogP contribution in [-0.4, -0.2) is 38.6 Å². The van der Waals surface area contributed by atoms with E-state index < -0.39 is 0 Å². The van der Waals surface area contributed by atoms with Gasteiger partial charge in [0, 0.05) is 29.1 Å². The second-order valence-corrected chi connectivity index (χ2v) is 9.19. The number of nitrogens with zero attached hydrogens (tertiary/aromatic N) is 2. The zero-order valence-electron chi connectivity index (χ0n) is 18.0. The van der Waals surface area contributed by atoms with Crippen molar-refractivity contribution in [1.82, 2.24) is 20.4 Å². The number of aromatic amines is 1. The Morgan fingerprint density at radius 2 is 2.13 bits per heavy atom. The number of rotatable bonds is 7. The van der Waals surface area contributed by atoms with E-state index in [1.807, 2.05) is 36.4 Å². The van der Waals surface area contributed by atoms with E-state index in [0.717, 1.165) is 48.0 Å². The van der Waals surface area contributed by atoms with Crippen molar-refractivity contribution in [3.05, 3.63) is 53.5 Å². The summed E-state index contributed by atoms with van der Waals surface area (Å²) in [4.78, 5) is 18.9. The average Bonchev–Trinajstić information content (AvgIpc) is 3.20. The van der Waals surface area contributed by atoms with Crippen molar-refractivity contribution in [2.75, 3.05) is 6.54 Å². The summed E-state index contributed by atoms with van der Waals surface area (Å²) in [6, 6.07) is 12.1. The van der Waals surface area contributed by atoms with Gasteiger partial charge in [0.05, 0.1) is 17.8 Å². The van der Waals surface area contributed by atoms with Crippen LogP contribution in [0, 0.1) is 0 Å². The Labute approximate surface area is 177 Å². The Kier molecular flexibility index (Phi) is 4.51. The van der Waals surface area contributed by atoms with Crippen LogP contribution in [0.15, 0.2) is 40.9 Å². The topological polar surface area (TPSA) is 74.2 Å². The summed E-state index contributed by atoms with van der Waals surface area (Å²) in [5.41, 5.74) is 2.55. The van der Waals surface area contributed by atoms with Gasteiger partial charge >= 0.3 is 0 Å². The molecular weight excluding hydrogens is 376 g/mol. The van der Waals surface area contributed by atoms with Crippen LogP contribution in [0.5, 0.6) is 0 Å². The van der Waals surface area contributed by atoms with Gasteiger partial charge in [-0.25, -0.2) is 0 Å². The SMILES string of the molecule is CCN(C(=O)c1cc2ccccc2[nH]1)[C@@]12CCC[C@]1(NCc1cc(C(C)C)no1)C2. The van der Waals surface area contributed by atoms with Crippen molar-refractivity contribution >= 4 is 16.8 Å².